The van der Waals surface area contributed by atoms with Crippen LogP contribution >= 0.6 is 26.2 Å². The van der Waals surface area contributed by atoms with Crippen LogP contribution in [-0.4, -0.2) is 5.16 Å². The van der Waals surface area contributed by atoms with Crippen molar-refractivity contribution >= 4 is 26.2 Å². The molecule has 0 aliphatic carbocycles. The van der Waals surface area contributed by atoms with Gasteiger partial charge in [0.2, 0.25) is 0 Å². The molecule has 0 aromatic carbocycles. The Hall–Kier alpha value is 0.910. The number of rotatable bonds is 30. The SMILES string of the molecule is Br.CCCCCCCCCCCCC(CCCCCCC)C(P)(CCCCCCC)CCCCCCC. The van der Waals surface area contributed by atoms with Crippen molar-refractivity contribution in [2.45, 2.75) is 219 Å². The predicted molar refractivity (Wildman–Crippen MR) is 183 cm³/mol. The molecule has 2 heteroatoms. The molecule has 0 aliphatic rings. The van der Waals surface area contributed by atoms with E-state index in [1.54, 1.807) is 0 Å². The van der Waals surface area contributed by atoms with E-state index in [1.807, 2.05) is 0 Å². The number of unbranched alkanes of at least 4 members (excludes halogenated alkanes) is 21. The summed E-state index contributed by atoms with van der Waals surface area (Å²) in [4.78, 5) is 0. The van der Waals surface area contributed by atoms with Gasteiger partial charge in [0.25, 0.3) is 0 Å². The molecule has 0 nitrogen and oxygen atoms in total. The van der Waals surface area contributed by atoms with Crippen molar-refractivity contribution in [2.75, 3.05) is 0 Å². The second-order valence-corrected chi connectivity index (χ2v) is 13.6. The fourth-order valence-electron chi connectivity index (χ4n) is 6.24. The van der Waals surface area contributed by atoms with Crippen LogP contribution in [0.5, 0.6) is 0 Å². The molecule has 0 aliphatic heterocycles. The molecule has 0 rings (SSSR count). The smallest absolute Gasteiger partial charge is 0.0122 e. The topological polar surface area (TPSA) is 0 Å². The van der Waals surface area contributed by atoms with Crippen LogP contribution in [0.25, 0.3) is 0 Å². The minimum Gasteiger partial charge on any atom is -0.131 e. The second kappa shape index (κ2) is 31.4. The summed E-state index contributed by atoms with van der Waals surface area (Å²) < 4.78 is 0. The highest BCUT2D eigenvalue weighted by Crippen LogP contribution is 2.44. The van der Waals surface area contributed by atoms with Gasteiger partial charge in [0, 0.05) is 0 Å². The van der Waals surface area contributed by atoms with Gasteiger partial charge in [-0.1, -0.05) is 188 Å². The van der Waals surface area contributed by atoms with E-state index in [9.17, 15) is 0 Å². The molecule has 226 valence electrons. The predicted octanol–water partition coefficient (Wildman–Crippen LogP) is 14.2. The van der Waals surface area contributed by atoms with E-state index in [2.05, 4.69) is 36.9 Å². The van der Waals surface area contributed by atoms with E-state index in [1.165, 1.54) is 186 Å². The highest BCUT2D eigenvalue weighted by Gasteiger charge is 2.32. The molecule has 0 aromatic rings. The zero-order chi connectivity index (χ0) is 26.6. The lowest BCUT2D eigenvalue weighted by atomic mass is 9.77. The molecule has 0 spiro atoms. The Bertz CT molecular complexity index is 396. The Balaban J connectivity index is 0. The van der Waals surface area contributed by atoms with E-state index in [0.29, 0.717) is 5.16 Å². The molecule has 0 amide bonds. The van der Waals surface area contributed by atoms with E-state index >= 15 is 0 Å². The first-order valence-corrected chi connectivity index (χ1v) is 18.0. The molecule has 0 saturated carbocycles. The molecule has 0 fully saturated rings. The van der Waals surface area contributed by atoms with E-state index in [4.69, 9.17) is 0 Å². The fraction of sp³-hybridized carbons (Fsp3) is 1.00. The van der Waals surface area contributed by atoms with Gasteiger partial charge in [0.05, 0.1) is 0 Å². The average molecular weight is 606 g/mol. The molecule has 2 atom stereocenters. The minimum atomic E-state index is 0. The van der Waals surface area contributed by atoms with Crippen LogP contribution in [0.15, 0.2) is 0 Å². The molecule has 0 radical (unpaired) electrons. The zero-order valence-electron chi connectivity index (χ0n) is 26.6. The molecule has 0 bridgehead atoms. The molecule has 0 aromatic heterocycles. The third kappa shape index (κ3) is 25.6. The lowest BCUT2D eigenvalue weighted by Crippen LogP contribution is -2.32. The number of hydrogen-bond donors (Lipinski definition) is 0. The maximum atomic E-state index is 3.52. The molecule has 0 saturated heterocycles. The normalized spacial score (nSPS) is 12.6. The van der Waals surface area contributed by atoms with Gasteiger partial charge in [-0.15, -0.1) is 26.2 Å². The van der Waals surface area contributed by atoms with Gasteiger partial charge < -0.3 is 0 Å². The van der Waals surface area contributed by atoms with Crippen LogP contribution in [0.3, 0.4) is 0 Å². The van der Waals surface area contributed by atoms with Crippen LogP contribution in [-0.2, 0) is 0 Å². The van der Waals surface area contributed by atoms with Crippen molar-refractivity contribution < 1.29 is 0 Å². The molecule has 0 N–H and O–H groups in total. The number of hydrogen-bond acceptors (Lipinski definition) is 0. The highest BCUT2D eigenvalue weighted by atomic mass is 79.9. The zero-order valence-corrected chi connectivity index (χ0v) is 29.4. The Morgan fingerprint density at radius 2 is 0.622 bits per heavy atom. The first kappa shape index (κ1) is 40.1. The molecule has 37 heavy (non-hydrogen) atoms. The Labute approximate surface area is 250 Å². The fourth-order valence-corrected chi connectivity index (χ4v) is 6.98. The van der Waals surface area contributed by atoms with Gasteiger partial charge in [-0.2, -0.15) is 0 Å². The highest BCUT2D eigenvalue weighted by molar-refractivity contribution is 8.93. The largest absolute Gasteiger partial charge is 0.131 e. The van der Waals surface area contributed by atoms with Crippen LogP contribution in [0, 0.1) is 5.92 Å². The summed E-state index contributed by atoms with van der Waals surface area (Å²) in [6.45, 7) is 9.36. The Morgan fingerprint density at radius 1 is 0.378 bits per heavy atom. The summed E-state index contributed by atoms with van der Waals surface area (Å²) in [5, 5.41) is 0.516. The summed E-state index contributed by atoms with van der Waals surface area (Å²) in [6, 6.07) is 0. The van der Waals surface area contributed by atoms with Crippen molar-refractivity contribution in [1.82, 2.24) is 0 Å². The maximum Gasteiger partial charge on any atom is -0.0122 e. The third-order valence-electron chi connectivity index (χ3n) is 8.87. The minimum absolute atomic E-state index is 0. The van der Waals surface area contributed by atoms with Crippen molar-refractivity contribution in [2.24, 2.45) is 5.92 Å². The summed E-state index contributed by atoms with van der Waals surface area (Å²) in [7, 11) is 3.52. The monoisotopic (exact) mass is 604 g/mol. The van der Waals surface area contributed by atoms with E-state index in [-0.39, 0.29) is 17.0 Å². The van der Waals surface area contributed by atoms with Gasteiger partial charge in [0.1, 0.15) is 0 Å². The standard InChI is InChI=1S/C35H73P.BrH/c1-5-9-13-17-18-19-20-21-23-27-31-34(30-26-22-14-10-6-2)35(36,32-28-24-15-11-7-3)33-29-25-16-12-8-4;/h34H,5-33,36H2,1-4H3;1H. The second-order valence-electron chi connectivity index (χ2n) is 12.4. The van der Waals surface area contributed by atoms with E-state index in [0.717, 1.165) is 5.92 Å². The van der Waals surface area contributed by atoms with Crippen LogP contribution in [0.2, 0.25) is 0 Å². The molecule has 0 heterocycles. The Kier molecular flexibility index (Phi) is 34.0. The van der Waals surface area contributed by atoms with E-state index < -0.39 is 0 Å². The summed E-state index contributed by atoms with van der Waals surface area (Å²) in [5.41, 5.74) is 0. The van der Waals surface area contributed by atoms with Crippen molar-refractivity contribution in [1.29, 1.82) is 0 Å². The Morgan fingerprint density at radius 3 is 0.919 bits per heavy atom. The lowest BCUT2D eigenvalue weighted by molar-refractivity contribution is 0.269. The van der Waals surface area contributed by atoms with Gasteiger partial charge in [0.15, 0.2) is 0 Å². The molecular weight excluding hydrogens is 531 g/mol. The van der Waals surface area contributed by atoms with Crippen molar-refractivity contribution in [3.05, 3.63) is 0 Å². The van der Waals surface area contributed by atoms with Gasteiger partial charge in [-0.25, -0.2) is 0 Å². The first-order valence-electron chi connectivity index (χ1n) is 17.4. The summed E-state index contributed by atoms with van der Waals surface area (Å²) in [5.74, 6) is 0.940. The molecule has 2 unspecified atom stereocenters. The number of halogens is 1. The van der Waals surface area contributed by atoms with Crippen molar-refractivity contribution in [3.63, 3.8) is 0 Å². The lowest BCUT2D eigenvalue weighted by Gasteiger charge is -2.39. The first-order chi connectivity index (χ1) is 17.6. The third-order valence-corrected chi connectivity index (χ3v) is 9.92. The average Bonchev–Trinajstić information content (AvgIpc) is 2.88. The van der Waals surface area contributed by atoms with Crippen molar-refractivity contribution in [3.8, 4) is 0 Å². The maximum absolute atomic E-state index is 3.52. The van der Waals surface area contributed by atoms with Crippen LogP contribution < -0.4 is 0 Å². The van der Waals surface area contributed by atoms with Crippen LogP contribution in [0.1, 0.15) is 214 Å². The summed E-state index contributed by atoms with van der Waals surface area (Å²) in [6.07, 6.45) is 42.1. The van der Waals surface area contributed by atoms with Gasteiger partial charge in [-0.05, 0) is 36.8 Å². The quantitative estimate of drug-likeness (QED) is 0.0564. The van der Waals surface area contributed by atoms with Gasteiger partial charge >= 0.3 is 0 Å². The summed E-state index contributed by atoms with van der Waals surface area (Å²) >= 11 is 0. The van der Waals surface area contributed by atoms with Gasteiger partial charge in [-0.3, -0.25) is 0 Å². The van der Waals surface area contributed by atoms with Crippen LogP contribution in [0.4, 0.5) is 0 Å². The molecular formula is C35H74BrP.